The van der Waals surface area contributed by atoms with Crippen molar-refractivity contribution in [2.45, 2.75) is 11.3 Å². The molecular formula is C23H19FN2O2S2. The molecule has 1 heterocycles. The summed E-state index contributed by atoms with van der Waals surface area (Å²) in [5.41, 5.74) is 10.4. The van der Waals surface area contributed by atoms with Crippen molar-refractivity contribution in [1.82, 2.24) is 4.98 Å². The lowest BCUT2D eigenvalue weighted by molar-refractivity contribution is 0.602. The number of nitrogen functional groups attached to an aromatic ring is 1. The molecule has 0 saturated heterocycles. The summed E-state index contributed by atoms with van der Waals surface area (Å²) in [6.45, 7) is 0. The fourth-order valence-corrected chi connectivity index (χ4v) is 4.63. The van der Waals surface area contributed by atoms with Crippen LogP contribution in [0, 0.1) is 5.82 Å². The summed E-state index contributed by atoms with van der Waals surface area (Å²) in [6.07, 6.45) is 1.83. The van der Waals surface area contributed by atoms with Gasteiger partial charge >= 0.3 is 0 Å². The van der Waals surface area contributed by atoms with E-state index in [2.05, 4.69) is 11.1 Å². The van der Waals surface area contributed by atoms with Crippen LogP contribution in [0.25, 0.3) is 22.3 Å². The van der Waals surface area contributed by atoms with Crippen LogP contribution >= 0.6 is 11.3 Å². The van der Waals surface area contributed by atoms with E-state index in [9.17, 15) is 12.8 Å². The van der Waals surface area contributed by atoms with E-state index in [1.807, 2.05) is 17.5 Å². The molecule has 0 unspecified atom stereocenters. The largest absolute Gasteiger partial charge is 0.383 e. The van der Waals surface area contributed by atoms with Gasteiger partial charge in [-0.25, -0.2) is 17.8 Å². The van der Waals surface area contributed by atoms with Crippen molar-refractivity contribution >= 4 is 27.0 Å². The smallest absolute Gasteiger partial charge is 0.175 e. The fraction of sp³-hybridized carbons (Fsp3) is 0.0870. The minimum atomic E-state index is -3.28. The number of nitrogens with two attached hydrogens (primary N) is 1. The Hall–Kier alpha value is -3.03. The van der Waals surface area contributed by atoms with Crippen molar-refractivity contribution in [2.24, 2.45) is 0 Å². The standard InChI is InChI=1S/C23H19FN2O2S2/c1-30(27,28)19-9-5-17(6-10-19)21-12-15(13-23-26-22(25)14-29-23)2-11-20(21)16-3-7-18(24)8-4-16/h2-12,14H,13,25H2,1H3. The Morgan fingerprint density at radius 3 is 2.17 bits per heavy atom. The van der Waals surface area contributed by atoms with E-state index in [4.69, 9.17) is 5.73 Å². The van der Waals surface area contributed by atoms with Gasteiger partial charge in [0.05, 0.1) is 9.90 Å². The topological polar surface area (TPSA) is 73.0 Å². The third kappa shape index (κ3) is 4.42. The first-order valence-electron chi connectivity index (χ1n) is 9.19. The van der Waals surface area contributed by atoms with E-state index < -0.39 is 9.84 Å². The molecule has 0 aliphatic heterocycles. The summed E-state index contributed by atoms with van der Waals surface area (Å²) >= 11 is 1.51. The molecule has 0 aliphatic rings. The molecule has 7 heteroatoms. The number of thiazole rings is 1. The first kappa shape index (κ1) is 20.3. The SMILES string of the molecule is CS(=O)(=O)c1ccc(-c2cc(Cc3nc(N)cs3)ccc2-c2ccc(F)cc2)cc1. The number of halogens is 1. The molecule has 3 aromatic carbocycles. The van der Waals surface area contributed by atoms with Gasteiger partial charge in [0.1, 0.15) is 11.6 Å². The van der Waals surface area contributed by atoms with Gasteiger partial charge in [0.15, 0.2) is 9.84 Å². The zero-order chi connectivity index (χ0) is 21.3. The highest BCUT2D eigenvalue weighted by Crippen LogP contribution is 2.34. The van der Waals surface area contributed by atoms with Crippen molar-refractivity contribution in [3.05, 3.63) is 88.5 Å². The van der Waals surface area contributed by atoms with Crippen LogP contribution in [0.3, 0.4) is 0 Å². The normalized spacial score (nSPS) is 11.5. The predicted octanol–water partition coefficient (Wildman–Crippen LogP) is 5.19. The lowest BCUT2D eigenvalue weighted by Crippen LogP contribution is -1.97. The minimum Gasteiger partial charge on any atom is -0.383 e. The molecule has 2 N–H and O–H groups in total. The van der Waals surface area contributed by atoms with Gasteiger partial charge in [-0.3, -0.25) is 0 Å². The number of hydrogen-bond donors (Lipinski definition) is 1. The highest BCUT2D eigenvalue weighted by molar-refractivity contribution is 7.90. The van der Waals surface area contributed by atoms with E-state index in [1.54, 1.807) is 36.4 Å². The zero-order valence-corrected chi connectivity index (χ0v) is 17.8. The van der Waals surface area contributed by atoms with Crippen molar-refractivity contribution < 1.29 is 12.8 Å². The number of anilines is 1. The molecule has 1 aromatic heterocycles. The number of hydrogen-bond acceptors (Lipinski definition) is 5. The van der Waals surface area contributed by atoms with Crippen LogP contribution in [-0.2, 0) is 16.3 Å². The van der Waals surface area contributed by atoms with Crippen LogP contribution in [0.4, 0.5) is 10.2 Å². The van der Waals surface area contributed by atoms with Gasteiger partial charge in [-0.2, -0.15) is 0 Å². The summed E-state index contributed by atoms with van der Waals surface area (Å²) in [5.74, 6) is 0.213. The van der Waals surface area contributed by atoms with E-state index in [0.29, 0.717) is 12.2 Å². The average molecular weight is 439 g/mol. The highest BCUT2D eigenvalue weighted by Gasteiger charge is 2.12. The maximum Gasteiger partial charge on any atom is 0.175 e. The molecule has 0 amide bonds. The maximum atomic E-state index is 13.4. The highest BCUT2D eigenvalue weighted by atomic mass is 32.2. The van der Waals surface area contributed by atoms with Crippen LogP contribution in [0.5, 0.6) is 0 Å². The van der Waals surface area contributed by atoms with Gasteiger partial charge in [-0.05, 0) is 52.1 Å². The third-order valence-electron chi connectivity index (χ3n) is 4.76. The lowest BCUT2D eigenvalue weighted by Gasteiger charge is -2.13. The number of aromatic nitrogens is 1. The molecule has 0 saturated carbocycles. The summed E-state index contributed by atoms with van der Waals surface area (Å²) in [4.78, 5) is 4.59. The third-order valence-corrected chi connectivity index (χ3v) is 6.75. The summed E-state index contributed by atoms with van der Waals surface area (Å²) in [5, 5.41) is 2.73. The molecule has 30 heavy (non-hydrogen) atoms. The Bertz CT molecular complexity index is 1300. The van der Waals surface area contributed by atoms with Crippen molar-refractivity contribution in [3.8, 4) is 22.3 Å². The van der Waals surface area contributed by atoms with Gasteiger partial charge in [-0.1, -0.05) is 42.5 Å². The Kier molecular flexibility index (Phi) is 5.40. The first-order chi connectivity index (χ1) is 14.3. The van der Waals surface area contributed by atoms with Gasteiger partial charge in [0.2, 0.25) is 0 Å². The Morgan fingerprint density at radius 2 is 1.57 bits per heavy atom. The molecule has 0 fully saturated rings. The molecular weight excluding hydrogens is 419 g/mol. The molecule has 0 bridgehead atoms. The number of benzene rings is 3. The fourth-order valence-electron chi connectivity index (χ4n) is 3.28. The minimum absolute atomic E-state index is 0.268. The van der Waals surface area contributed by atoms with Gasteiger partial charge < -0.3 is 5.73 Å². The van der Waals surface area contributed by atoms with Gasteiger partial charge in [0.25, 0.3) is 0 Å². The molecule has 4 nitrogen and oxygen atoms in total. The van der Waals surface area contributed by atoms with E-state index >= 15 is 0 Å². The summed E-state index contributed by atoms with van der Waals surface area (Å²) < 4.78 is 37.0. The van der Waals surface area contributed by atoms with Crippen LogP contribution in [0.15, 0.2) is 77.0 Å². The van der Waals surface area contributed by atoms with Crippen molar-refractivity contribution in [1.29, 1.82) is 0 Å². The molecule has 0 atom stereocenters. The average Bonchev–Trinajstić information content (AvgIpc) is 3.13. The monoisotopic (exact) mass is 438 g/mol. The number of sulfone groups is 1. The van der Waals surface area contributed by atoms with Crippen molar-refractivity contribution in [2.75, 3.05) is 12.0 Å². The maximum absolute atomic E-state index is 13.4. The van der Waals surface area contributed by atoms with Crippen LogP contribution in [-0.4, -0.2) is 19.7 Å². The van der Waals surface area contributed by atoms with Gasteiger partial charge in [-0.15, -0.1) is 11.3 Å². The lowest BCUT2D eigenvalue weighted by atomic mass is 9.92. The predicted molar refractivity (Wildman–Crippen MR) is 120 cm³/mol. The first-order valence-corrected chi connectivity index (χ1v) is 12.0. The van der Waals surface area contributed by atoms with Crippen LogP contribution in [0.1, 0.15) is 10.6 Å². The van der Waals surface area contributed by atoms with Crippen LogP contribution < -0.4 is 5.73 Å². The summed E-state index contributed by atoms with van der Waals surface area (Å²) in [6, 6.07) is 19.2. The van der Waals surface area contributed by atoms with Crippen molar-refractivity contribution in [3.63, 3.8) is 0 Å². The Labute approximate surface area is 178 Å². The second kappa shape index (κ2) is 8.01. The molecule has 0 aliphatic carbocycles. The molecule has 4 rings (SSSR count). The molecule has 0 spiro atoms. The Balaban J connectivity index is 1.81. The second-order valence-electron chi connectivity index (χ2n) is 7.03. The van der Waals surface area contributed by atoms with Crippen LogP contribution in [0.2, 0.25) is 0 Å². The summed E-state index contributed by atoms with van der Waals surface area (Å²) in [7, 11) is -3.28. The quantitative estimate of drug-likeness (QED) is 0.465. The zero-order valence-electron chi connectivity index (χ0n) is 16.2. The molecule has 0 radical (unpaired) electrons. The van der Waals surface area contributed by atoms with E-state index in [0.717, 1.165) is 32.8 Å². The molecule has 152 valence electrons. The Morgan fingerprint density at radius 1 is 0.933 bits per heavy atom. The van der Waals surface area contributed by atoms with E-state index in [1.165, 1.54) is 29.7 Å². The van der Waals surface area contributed by atoms with Gasteiger partial charge in [0, 0.05) is 18.1 Å². The van der Waals surface area contributed by atoms with E-state index in [-0.39, 0.29) is 10.7 Å². The molecule has 4 aromatic rings. The number of rotatable bonds is 5. The number of nitrogens with zero attached hydrogens (tertiary/aromatic N) is 1. The second-order valence-corrected chi connectivity index (χ2v) is 9.98.